The predicted octanol–water partition coefficient (Wildman–Crippen LogP) is 3.36. The summed E-state index contributed by atoms with van der Waals surface area (Å²) in [7, 11) is 0. The second-order valence-corrected chi connectivity index (χ2v) is 4.54. The number of aromatic nitrogens is 1. The highest BCUT2D eigenvalue weighted by Gasteiger charge is 2.10. The van der Waals surface area contributed by atoms with Crippen molar-refractivity contribution in [2.75, 3.05) is 11.9 Å². The van der Waals surface area contributed by atoms with Crippen LogP contribution < -0.4 is 15.4 Å². The molecular weight excluding hydrogens is 266 g/mol. The topological polar surface area (TPSA) is 63.2 Å². The summed E-state index contributed by atoms with van der Waals surface area (Å²) >= 11 is 0. The molecular formula is C16H19N3O2. The van der Waals surface area contributed by atoms with E-state index in [9.17, 15) is 4.79 Å². The van der Waals surface area contributed by atoms with Crippen LogP contribution in [0.2, 0.25) is 0 Å². The lowest BCUT2D eigenvalue weighted by Gasteiger charge is -2.14. The Balaban J connectivity index is 1.94. The first-order valence-corrected chi connectivity index (χ1v) is 6.90. The second kappa shape index (κ2) is 7.28. The SMILES string of the molecule is CCOc1cccc(NC(=O)NC(C)c2ccccn2)c1. The second-order valence-electron chi connectivity index (χ2n) is 4.54. The third-order valence-electron chi connectivity index (χ3n) is 2.88. The van der Waals surface area contributed by atoms with Gasteiger partial charge in [0.05, 0.1) is 18.3 Å². The standard InChI is InChI=1S/C16H19N3O2/c1-3-21-14-8-6-7-13(11-14)19-16(20)18-12(2)15-9-4-5-10-17-15/h4-12H,3H2,1-2H3,(H2,18,19,20). The molecule has 5 heteroatoms. The number of nitrogens with one attached hydrogen (secondary N) is 2. The minimum atomic E-state index is -0.276. The molecule has 1 heterocycles. The number of urea groups is 1. The molecule has 1 aromatic carbocycles. The molecule has 0 spiro atoms. The number of amides is 2. The van der Waals surface area contributed by atoms with Crippen molar-refractivity contribution in [3.63, 3.8) is 0 Å². The van der Waals surface area contributed by atoms with Gasteiger partial charge in [-0.2, -0.15) is 0 Å². The van der Waals surface area contributed by atoms with Crippen LogP contribution in [-0.4, -0.2) is 17.6 Å². The van der Waals surface area contributed by atoms with Gasteiger partial charge in [0.2, 0.25) is 0 Å². The number of ether oxygens (including phenoxy) is 1. The quantitative estimate of drug-likeness (QED) is 0.885. The van der Waals surface area contributed by atoms with Crippen molar-refractivity contribution in [2.45, 2.75) is 19.9 Å². The fourth-order valence-corrected chi connectivity index (χ4v) is 1.90. The molecule has 5 nitrogen and oxygen atoms in total. The van der Waals surface area contributed by atoms with Crippen LogP contribution >= 0.6 is 0 Å². The first-order chi connectivity index (χ1) is 10.2. The van der Waals surface area contributed by atoms with Crippen molar-refractivity contribution in [2.24, 2.45) is 0 Å². The molecule has 1 unspecified atom stereocenters. The van der Waals surface area contributed by atoms with Crippen LogP contribution in [0.5, 0.6) is 5.75 Å². The molecule has 0 aliphatic carbocycles. The van der Waals surface area contributed by atoms with Crippen molar-refractivity contribution >= 4 is 11.7 Å². The Morgan fingerprint density at radius 2 is 2.14 bits per heavy atom. The fourth-order valence-electron chi connectivity index (χ4n) is 1.90. The fraction of sp³-hybridized carbons (Fsp3) is 0.250. The van der Waals surface area contributed by atoms with Gasteiger partial charge in [0.25, 0.3) is 0 Å². The minimum absolute atomic E-state index is 0.165. The number of pyridine rings is 1. The van der Waals surface area contributed by atoms with Gasteiger partial charge >= 0.3 is 6.03 Å². The van der Waals surface area contributed by atoms with E-state index in [2.05, 4.69) is 15.6 Å². The molecule has 0 fully saturated rings. The molecule has 2 rings (SSSR count). The highest BCUT2D eigenvalue weighted by atomic mass is 16.5. The number of carbonyl (C=O) groups is 1. The van der Waals surface area contributed by atoms with E-state index in [0.29, 0.717) is 12.3 Å². The van der Waals surface area contributed by atoms with Gasteiger partial charge in [0.1, 0.15) is 5.75 Å². The Morgan fingerprint density at radius 1 is 1.29 bits per heavy atom. The van der Waals surface area contributed by atoms with E-state index in [1.165, 1.54) is 0 Å². The van der Waals surface area contributed by atoms with Crippen LogP contribution in [0.1, 0.15) is 25.6 Å². The third kappa shape index (κ3) is 4.49. The smallest absolute Gasteiger partial charge is 0.319 e. The predicted molar refractivity (Wildman–Crippen MR) is 82.4 cm³/mol. The molecule has 2 amide bonds. The Hall–Kier alpha value is -2.56. The van der Waals surface area contributed by atoms with E-state index in [-0.39, 0.29) is 12.1 Å². The molecule has 0 radical (unpaired) electrons. The minimum Gasteiger partial charge on any atom is -0.494 e. The van der Waals surface area contributed by atoms with Gasteiger partial charge in [0, 0.05) is 18.0 Å². The van der Waals surface area contributed by atoms with Crippen LogP contribution in [0, 0.1) is 0 Å². The lowest BCUT2D eigenvalue weighted by Crippen LogP contribution is -2.31. The average molecular weight is 285 g/mol. The van der Waals surface area contributed by atoms with Crippen molar-refractivity contribution in [1.82, 2.24) is 10.3 Å². The highest BCUT2D eigenvalue weighted by molar-refractivity contribution is 5.89. The Kier molecular flexibility index (Phi) is 5.15. The zero-order valence-electron chi connectivity index (χ0n) is 12.2. The third-order valence-corrected chi connectivity index (χ3v) is 2.88. The summed E-state index contributed by atoms with van der Waals surface area (Å²) in [5.41, 5.74) is 1.50. The van der Waals surface area contributed by atoms with Gasteiger partial charge in [0.15, 0.2) is 0 Å². The summed E-state index contributed by atoms with van der Waals surface area (Å²) in [6.45, 7) is 4.40. The lowest BCUT2D eigenvalue weighted by molar-refractivity contribution is 0.249. The van der Waals surface area contributed by atoms with E-state index < -0.39 is 0 Å². The molecule has 110 valence electrons. The van der Waals surface area contributed by atoms with E-state index in [4.69, 9.17) is 4.74 Å². The average Bonchev–Trinajstić information content (AvgIpc) is 2.48. The van der Waals surface area contributed by atoms with E-state index in [0.717, 1.165) is 11.4 Å². The zero-order chi connectivity index (χ0) is 15.1. The molecule has 21 heavy (non-hydrogen) atoms. The number of carbonyl (C=O) groups excluding carboxylic acids is 1. The van der Waals surface area contributed by atoms with Crippen LogP contribution in [0.3, 0.4) is 0 Å². The summed E-state index contributed by atoms with van der Waals surface area (Å²) < 4.78 is 5.40. The van der Waals surface area contributed by atoms with Crippen molar-refractivity contribution < 1.29 is 9.53 Å². The molecule has 0 bridgehead atoms. The summed E-state index contributed by atoms with van der Waals surface area (Å²) in [6.07, 6.45) is 1.71. The van der Waals surface area contributed by atoms with E-state index >= 15 is 0 Å². The van der Waals surface area contributed by atoms with Gasteiger partial charge in [-0.25, -0.2) is 4.79 Å². The summed E-state index contributed by atoms with van der Waals surface area (Å²) in [4.78, 5) is 16.2. The number of anilines is 1. The lowest BCUT2D eigenvalue weighted by atomic mass is 10.2. The molecule has 2 N–H and O–H groups in total. The molecule has 1 aromatic heterocycles. The summed E-state index contributed by atoms with van der Waals surface area (Å²) in [5, 5.41) is 5.63. The van der Waals surface area contributed by atoms with Crippen LogP contribution in [0.15, 0.2) is 48.7 Å². The monoisotopic (exact) mass is 285 g/mol. The number of benzene rings is 1. The van der Waals surface area contributed by atoms with Crippen LogP contribution in [-0.2, 0) is 0 Å². The van der Waals surface area contributed by atoms with E-state index in [1.54, 1.807) is 12.3 Å². The molecule has 0 aliphatic rings. The first-order valence-electron chi connectivity index (χ1n) is 6.90. The summed E-state index contributed by atoms with van der Waals surface area (Å²) in [5.74, 6) is 0.730. The van der Waals surface area contributed by atoms with Gasteiger partial charge in [-0.1, -0.05) is 12.1 Å². The number of nitrogens with zero attached hydrogens (tertiary/aromatic N) is 1. The largest absolute Gasteiger partial charge is 0.494 e. The number of rotatable bonds is 5. The summed E-state index contributed by atoms with van der Waals surface area (Å²) in [6, 6.07) is 12.5. The van der Waals surface area contributed by atoms with Crippen molar-refractivity contribution in [3.8, 4) is 5.75 Å². The highest BCUT2D eigenvalue weighted by Crippen LogP contribution is 2.17. The molecule has 1 atom stereocenters. The molecule has 0 saturated heterocycles. The maximum Gasteiger partial charge on any atom is 0.319 e. The maximum absolute atomic E-state index is 12.0. The Labute approximate surface area is 124 Å². The van der Waals surface area contributed by atoms with Gasteiger partial charge in [-0.3, -0.25) is 4.98 Å². The Morgan fingerprint density at radius 3 is 2.86 bits per heavy atom. The normalized spacial score (nSPS) is 11.5. The molecule has 0 saturated carbocycles. The van der Waals surface area contributed by atoms with Crippen LogP contribution in [0.4, 0.5) is 10.5 Å². The first kappa shape index (κ1) is 14.8. The van der Waals surface area contributed by atoms with Gasteiger partial charge in [-0.05, 0) is 38.1 Å². The van der Waals surface area contributed by atoms with E-state index in [1.807, 2.05) is 50.2 Å². The number of hydrogen-bond acceptors (Lipinski definition) is 3. The zero-order valence-corrected chi connectivity index (χ0v) is 12.2. The van der Waals surface area contributed by atoms with Crippen molar-refractivity contribution in [3.05, 3.63) is 54.4 Å². The Bertz CT molecular complexity index is 587. The van der Waals surface area contributed by atoms with Gasteiger partial charge < -0.3 is 15.4 Å². The molecule has 0 aliphatic heterocycles. The maximum atomic E-state index is 12.0. The van der Waals surface area contributed by atoms with Crippen molar-refractivity contribution in [1.29, 1.82) is 0 Å². The van der Waals surface area contributed by atoms with Gasteiger partial charge in [-0.15, -0.1) is 0 Å². The van der Waals surface area contributed by atoms with Crippen LogP contribution in [0.25, 0.3) is 0 Å². The number of hydrogen-bond donors (Lipinski definition) is 2. The molecule has 2 aromatic rings.